The molecule has 0 saturated heterocycles. The van der Waals surface area contributed by atoms with E-state index in [0.29, 0.717) is 5.76 Å². The van der Waals surface area contributed by atoms with Crippen molar-refractivity contribution in [1.29, 1.82) is 0 Å². The van der Waals surface area contributed by atoms with E-state index in [4.69, 9.17) is 4.42 Å². The molecule has 0 radical (unpaired) electrons. The van der Waals surface area contributed by atoms with Gasteiger partial charge in [-0.1, -0.05) is 6.07 Å². The van der Waals surface area contributed by atoms with Crippen molar-refractivity contribution in [3.63, 3.8) is 0 Å². The van der Waals surface area contributed by atoms with E-state index in [1.54, 1.807) is 12.1 Å². The van der Waals surface area contributed by atoms with Gasteiger partial charge in [-0.15, -0.1) is 0 Å². The third-order valence-corrected chi connectivity index (χ3v) is 2.19. The summed E-state index contributed by atoms with van der Waals surface area (Å²) >= 11 is 0. The molecule has 6 nitrogen and oxygen atoms in total. The number of hydrogen-bond acceptors (Lipinski definition) is 4. The highest BCUT2D eigenvalue weighted by molar-refractivity contribution is 6.39. The van der Waals surface area contributed by atoms with Gasteiger partial charge in [0.25, 0.3) is 0 Å². The summed E-state index contributed by atoms with van der Waals surface area (Å²) in [4.78, 5) is 22.9. The van der Waals surface area contributed by atoms with Crippen LogP contribution in [0.2, 0.25) is 0 Å². The molecule has 2 amide bonds. The number of nitrogens with zero attached hydrogens (tertiary/aromatic N) is 1. The molecule has 2 N–H and O–H groups in total. The van der Waals surface area contributed by atoms with E-state index in [-0.39, 0.29) is 5.69 Å². The van der Waals surface area contributed by atoms with Crippen molar-refractivity contribution >= 4 is 23.7 Å². The van der Waals surface area contributed by atoms with Crippen molar-refractivity contribution < 1.29 is 18.4 Å². The Morgan fingerprint density at radius 3 is 2.75 bits per heavy atom. The molecule has 0 aliphatic rings. The van der Waals surface area contributed by atoms with E-state index in [1.165, 1.54) is 30.7 Å². The first-order valence-electron chi connectivity index (χ1n) is 5.58. The Bertz CT molecular complexity index is 638. The van der Waals surface area contributed by atoms with Crippen LogP contribution in [0.1, 0.15) is 5.76 Å². The highest BCUT2D eigenvalue weighted by atomic mass is 19.1. The Balaban J connectivity index is 1.87. The third-order valence-electron chi connectivity index (χ3n) is 2.19. The molecule has 0 fully saturated rings. The smallest absolute Gasteiger partial charge is 0.329 e. The van der Waals surface area contributed by atoms with E-state index >= 15 is 0 Å². The summed E-state index contributed by atoms with van der Waals surface area (Å²) in [7, 11) is 0. The number of benzene rings is 1. The zero-order valence-corrected chi connectivity index (χ0v) is 10.2. The van der Waals surface area contributed by atoms with Crippen LogP contribution in [-0.2, 0) is 9.59 Å². The van der Waals surface area contributed by atoms with Gasteiger partial charge < -0.3 is 9.73 Å². The van der Waals surface area contributed by atoms with Crippen molar-refractivity contribution in [3.05, 3.63) is 54.2 Å². The summed E-state index contributed by atoms with van der Waals surface area (Å²) in [6, 6.07) is 8.47. The average molecular weight is 275 g/mol. The van der Waals surface area contributed by atoms with E-state index in [9.17, 15) is 14.0 Å². The summed E-state index contributed by atoms with van der Waals surface area (Å²) in [6.45, 7) is 0. The fraction of sp³-hybridized carbons (Fsp3) is 0. The van der Waals surface area contributed by atoms with E-state index in [1.807, 2.05) is 5.43 Å². The normalized spacial score (nSPS) is 10.4. The quantitative estimate of drug-likeness (QED) is 0.506. The number of carbonyl (C=O) groups excluding carboxylic acids is 2. The SMILES string of the molecule is O=C(N/N=C\c1ccco1)C(=O)Nc1cccc(F)c1. The van der Waals surface area contributed by atoms with Gasteiger partial charge in [-0.2, -0.15) is 5.10 Å². The van der Waals surface area contributed by atoms with Gasteiger partial charge in [-0.3, -0.25) is 9.59 Å². The van der Waals surface area contributed by atoms with Gasteiger partial charge in [0.1, 0.15) is 11.6 Å². The summed E-state index contributed by atoms with van der Waals surface area (Å²) < 4.78 is 17.8. The van der Waals surface area contributed by atoms with Gasteiger partial charge in [0.2, 0.25) is 0 Å². The summed E-state index contributed by atoms with van der Waals surface area (Å²) in [5, 5.41) is 5.78. The number of anilines is 1. The fourth-order valence-electron chi connectivity index (χ4n) is 1.32. The Hall–Kier alpha value is -2.96. The summed E-state index contributed by atoms with van der Waals surface area (Å²) in [5.74, 6) is -2.01. The van der Waals surface area contributed by atoms with E-state index < -0.39 is 17.6 Å². The highest BCUT2D eigenvalue weighted by Crippen LogP contribution is 2.08. The Morgan fingerprint density at radius 2 is 2.05 bits per heavy atom. The van der Waals surface area contributed by atoms with Crippen LogP contribution < -0.4 is 10.7 Å². The van der Waals surface area contributed by atoms with Crippen LogP contribution in [0.5, 0.6) is 0 Å². The lowest BCUT2D eigenvalue weighted by atomic mass is 10.3. The number of amides is 2. The molecule has 1 heterocycles. The second kappa shape index (κ2) is 6.28. The predicted octanol–water partition coefficient (Wildman–Crippen LogP) is 1.51. The van der Waals surface area contributed by atoms with Crippen LogP contribution in [-0.4, -0.2) is 18.0 Å². The van der Waals surface area contributed by atoms with Crippen LogP contribution in [0.4, 0.5) is 10.1 Å². The van der Waals surface area contributed by atoms with Crippen LogP contribution >= 0.6 is 0 Å². The minimum Gasteiger partial charge on any atom is -0.463 e. The van der Waals surface area contributed by atoms with Crippen LogP contribution in [0.15, 0.2) is 52.2 Å². The first-order valence-corrected chi connectivity index (χ1v) is 5.58. The molecular weight excluding hydrogens is 265 g/mol. The lowest BCUT2D eigenvalue weighted by molar-refractivity contribution is -0.136. The predicted molar refractivity (Wildman–Crippen MR) is 69.5 cm³/mol. The minimum absolute atomic E-state index is 0.181. The molecule has 20 heavy (non-hydrogen) atoms. The van der Waals surface area contributed by atoms with Gasteiger partial charge in [0.15, 0.2) is 0 Å². The fourth-order valence-corrected chi connectivity index (χ4v) is 1.32. The van der Waals surface area contributed by atoms with Crippen LogP contribution in [0.3, 0.4) is 0 Å². The number of hydrazone groups is 1. The van der Waals surface area contributed by atoms with Crippen molar-refractivity contribution in [2.75, 3.05) is 5.32 Å². The topological polar surface area (TPSA) is 83.7 Å². The van der Waals surface area contributed by atoms with Gasteiger partial charge in [-0.25, -0.2) is 9.82 Å². The molecule has 0 saturated carbocycles. The zero-order valence-electron chi connectivity index (χ0n) is 10.2. The first-order chi connectivity index (χ1) is 9.65. The van der Waals surface area contributed by atoms with E-state index in [0.717, 1.165) is 6.07 Å². The number of furan rings is 1. The number of hydrogen-bond donors (Lipinski definition) is 2. The maximum Gasteiger partial charge on any atom is 0.329 e. The van der Waals surface area contributed by atoms with Crippen LogP contribution in [0.25, 0.3) is 0 Å². The molecule has 1 aromatic carbocycles. The minimum atomic E-state index is -0.975. The lowest BCUT2D eigenvalue weighted by Crippen LogP contribution is -2.32. The van der Waals surface area contributed by atoms with Crippen molar-refractivity contribution in [2.24, 2.45) is 5.10 Å². The van der Waals surface area contributed by atoms with Crippen molar-refractivity contribution in [3.8, 4) is 0 Å². The molecule has 0 spiro atoms. The summed E-state index contributed by atoms with van der Waals surface area (Å²) in [6.07, 6.45) is 2.69. The maximum atomic E-state index is 12.9. The molecule has 1 aromatic heterocycles. The van der Waals surface area contributed by atoms with Gasteiger partial charge >= 0.3 is 11.8 Å². The second-order valence-electron chi connectivity index (χ2n) is 3.68. The molecule has 0 aliphatic carbocycles. The Kier molecular flexibility index (Phi) is 4.23. The maximum absolute atomic E-state index is 12.9. The van der Waals surface area contributed by atoms with E-state index in [2.05, 4.69) is 10.4 Å². The largest absolute Gasteiger partial charge is 0.463 e. The molecule has 2 rings (SSSR count). The number of halogens is 1. The standard InChI is InChI=1S/C13H10FN3O3/c14-9-3-1-4-10(7-9)16-12(18)13(19)17-15-8-11-5-2-6-20-11/h1-8H,(H,16,18)(H,17,19)/b15-8-. The molecule has 7 heteroatoms. The third kappa shape index (κ3) is 3.77. The molecule has 102 valence electrons. The first kappa shape index (κ1) is 13.5. The van der Waals surface area contributed by atoms with Gasteiger partial charge in [-0.05, 0) is 30.3 Å². The second-order valence-corrected chi connectivity index (χ2v) is 3.68. The Labute approximate surface area is 113 Å². The zero-order chi connectivity index (χ0) is 14.4. The molecule has 0 aliphatic heterocycles. The lowest BCUT2D eigenvalue weighted by Gasteiger charge is -2.03. The Morgan fingerprint density at radius 1 is 1.20 bits per heavy atom. The summed E-state index contributed by atoms with van der Waals surface area (Å²) in [5.41, 5.74) is 2.20. The molecule has 0 unspecified atom stereocenters. The molecule has 2 aromatic rings. The highest BCUT2D eigenvalue weighted by Gasteiger charge is 2.12. The van der Waals surface area contributed by atoms with Crippen molar-refractivity contribution in [1.82, 2.24) is 5.43 Å². The van der Waals surface area contributed by atoms with Crippen LogP contribution in [0, 0.1) is 5.82 Å². The number of carbonyl (C=O) groups is 2. The number of rotatable bonds is 3. The van der Waals surface area contributed by atoms with Gasteiger partial charge in [0.05, 0.1) is 12.5 Å². The average Bonchev–Trinajstić information content (AvgIpc) is 2.91. The molecule has 0 atom stereocenters. The monoisotopic (exact) mass is 275 g/mol. The molecular formula is C13H10FN3O3. The van der Waals surface area contributed by atoms with Crippen molar-refractivity contribution in [2.45, 2.75) is 0 Å². The van der Waals surface area contributed by atoms with Gasteiger partial charge in [0, 0.05) is 5.69 Å². The number of nitrogens with one attached hydrogen (secondary N) is 2. The molecule has 0 bridgehead atoms.